The van der Waals surface area contributed by atoms with Crippen molar-refractivity contribution in [3.8, 4) is 0 Å². The summed E-state index contributed by atoms with van der Waals surface area (Å²) in [7, 11) is -5.26. The van der Waals surface area contributed by atoms with Gasteiger partial charge in [-0.25, -0.2) is 0 Å². The van der Waals surface area contributed by atoms with Gasteiger partial charge in [-0.05, 0) is 31.6 Å². The number of benzene rings is 2. The first-order valence-corrected chi connectivity index (χ1v) is 13.3. The Labute approximate surface area is 150 Å². The van der Waals surface area contributed by atoms with Crippen LogP contribution in [0.15, 0.2) is 72.8 Å². The lowest BCUT2D eigenvalue weighted by molar-refractivity contribution is 0.546. The molecule has 4 unspecified atom stereocenters. The summed E-state index contributed by atoms with van der Waals surface area (Å²) in [6.45, 7) is 3.80. The molecule has 0 N–H and O–H groups in total. The lowest BCUT2D eigenvalue weighted by Gasteiger charge is -2.37. The maximum Gasteiger partial charge on any atom is 0.116 e. The van der Waals surface area contributed by atoms with E-state index < -0.39 is 14.3 Å². The van der Waals surface area contributed by atoms with Crippen LogP contribution >= 0.6 is 14.3 Å². The largest absolute Gasteiger partial charge is 0.319 e. The molecule has 130 valence electrons. The van der Waals surface area contributed by atoms with Crippen molar-refractivity contribution in [1.29, 1.82) is 0 Å². The molecule has 2 bridgehead atoms. The summed E-state index contributed by atoms with van der Waals surface area (Å²) >= 11 is 0. The van der Waals surface area contributed by atoms with Gasteiger partial charge in [-0.15, -0.1) is 0 Å². The van der Waals surface area contributed by atoms with Crippen molar-refractivity contribution in [3.05, 3.63) is 72.8 Å². The first kappa shape index (κ1) is 17.1. The third-order valence-corrected chi connectivity index (χ3v) is 12.6. The summed E-state index contributed by atoms with van der Waals surface area (Å²) in [6.07, 6.45) is 5.43. The zero-order chi connectivity index (χ0) is 17.7. The zero-order valence-electron chi connectivity index (χ0n) is 14.7. The van der Waals surface area contributed by atoms with Crippen LogP contribution in [0.3, 0.4) is 0 Å². The second kappa shape index (κ2) is 6.11. The fraction of sp³-hybridized carbons (Fsp3) is 0.333. The highest BCUT2D eigenvalue weighted by atomic mass is 31.2. The minimum atomic E-state index is -2.63. The van der Waals surface area contributed by atoms with E-state index in [1.54, 1.807) is 0 Å². The third-order valence-electron chi connectivity index (χ3n) is 6.05. The SMILES string of the molecule is C[P@@](=O)(c1ccccc1)C1C2C=CC(C2)C1[P@](C)(=O)c1ccccc1. The molecule has 0 aromatic heterocycles. The minimum absolute atomic E-state index is 0.0269. The maximum atomic E-state index is 13.9. The normalized spacial score (nSPS) is 32.2. The van der Waals surface area contributed by atoms with Crippen LogP contribution in [0.4, 0.5) is 0 Å². The molecule has 1 saturated carbocycles. The van der Waals surface area contributed by atoms with E-state index in [1.807, 2.05) is 74.0 Å². The molecule has 2 aromatic rings. The van der Waals surface area contributed by atoms with Gasteiger partial charge < -0.3 is 9.13 Å². The predicted octanol–water partition coefficient (Wildman–Crippen LogP) is 4.57. The molecule has 25 heavy (non-hydrogen) atoms. The molecule has 0 heterocycles. The first-order valence-electron chi connectivity index (χ1n) is 8.86. The Morgan fingerprint density at radius 2 is 1.04 bits per heavy atom. The fourth-order valence-electron chi connectivity index (χ4n) is 4.88. The average molecular weight is 370 g/mol. The lowest BCUT2D eigenvalue weighted by atomic mass is 10.1. The summed E-state index contributed by atoms with van der Waals surface area (Å²) in [6, 6.07) is 19.6. The van der Waals surface area contributed by atoms with Crippen LogP contribution in [0.25, 0.3) is 0 Å². The number of hydrogen-bond acceptors (Lipinski definition) is 2. The number of fused-ring (bicyclic) bond motifs is 2. The molecule has 0 amide bonds. The van der Waals surface area contributed by atoms with Crippen LogP contribution < -0.4 is 10.6 Å². The molecule has 1 fully saturated rings. The van der Waals surface area contributed by atoms with Crippen LogP contribution in [0.1, 0.15) is 6.42 Å². The van der Waals surface area contributed by atoms with Crippen molar-refractivity contribution >= 4 is 24.9 Å². The topological polar surface area (TPSA) is 34.1 Å². The molecule has 0 radical (unpaired) electrons. The van der Waals surface area contributed by atoms with E-state index in [1.165, 1.54) is 0 Å². The van der Waals surface area contributed by atoms with E-state index in [-0.39, 0.29) is 23.2 Å². The highest BCUT2D eigenvalue weighted by molar-refractivity contribution is 7.75. The standard InChI is InChI=1S/C21H24O2P2/c1-24(22,18-9-5-3-6-10-18)20-16-13-14-17(15-16)21(20)25(2,23)19-11-7-4-8-12-19/h3-14,16-17,20-21H,15H2,1-2H3/t16?,17?,20?,21?,24-,25-/m1/s1. The van der Waals surface area contributed by atoms with Gasteiger partial charge in [-0.1, -0.05) is 72.8 Å². The van der Waals surface area contributed by atoms with Crippen molar-refractivity contribution < 1.29 is 9.13 Å². The Hall–Kier alpha value is -1.36. The monoisotopic (exact) mass is 370 g/mol. The van der Waals surface area contributed by atoms with Gasteiger partial charge in [0.15, 0.2) is 0 Å². The second-order valence-electron chi connectivity index (χ2n) is 7.58. The molecule has 2 aliphatic rings. The molecular formula is C21H24O2P2. The smallest absolute Gasteiger partial charge is 0.116 e. The number of hydrogen-bond donors (Lipinski definition) is 0. The quantitative estimate of drug-likeness (QED) is 0.584. The molecule has 4 rings (SSSR count). The van der Waals surface area contributed by atoms with Crippen molar-refractivity contribution in [2.75, 3.05) is 13.3 Å². The maximum absolute atomic E-state index is 13.9. The van der Waals surface area contributed by atoms with Gasteiger partial charge in [0.1, 0.15) is 14.3 Å². The van der Waals surface area contributed by atoms with Gasteiger partial charge in [0.25, 0.3) is 0 Å². The van der Waals surface area contributed by atoms with Gasteiger partial charge >= 0.3 is 0 Å². The molecule has 2 nitrogen and oxygen atoms in total. The zero-order valence-corrected chi connectivity index (χ0v) is 16.4. The summed E-state index contributed by atoms with van der Waals surface area (Å²) in [5, 5.41) is 1.83. The fourth-order valence-corrected chi connectivity index (χ4v) is 12.1. The predicted molar refractivity (Wildman–Crippen MR) is 108 cm³/mol. The Balaban J connectivity index is 1.81. The van der Waals surface area contributed by atoms with Crippen molar-refractivity contribution in [2.24, 2.45) is 11.8 Å². The van der Waals surface area contributed by atoms with E-state index >= 15 is 0 Å². The van der Waals surface area contributed by atoms with E-state index in [4.69, 9.17) is 0 Å². The van der Waals surface area contributed by atoms with Gasteiger partial charge in [0, 0.05) is 21.9 Å². The molecule has 2 aliphatic carbocycles. The van der Waals surface area contributed by atoms with Crippen LogP contribution in [0.5, 0.6) is 0 Å². The van der Waals surface area contributed by atoms with Gasteiger partial charge in [0.2, 0.25) is 0 Å². The van der Waals surface area contributed by atoms with Crippen LogP contribution in [-0.4, -0.2) is 24.6 Å². The van der Waals surface area contributed by atoms with Gasteiger partial charge in [-0.3, -0.25) is 0 Å². The Kier molecular flexibility index (Phi) is 4.18. The van der Waals surface area contributed by atoms with E-state index in [0.29, 0.717) is 0 Å². The third kappa shape index (κ3) is 2.71. The Morgan fingerprint density at radius 3 is 1.40 bits per heavy atom. The van der Waals surface area contributed by atoms with Gasteiger partial charge in [0.05, 0.1) is 0 Å². The Morgan fingerprint density at radius 1 is 0.680 bits per heavy atom. The second-order valence-corrected chi connectivity index (χ2v) is 13.8. The van der Waals surface area contributed by atoms with Crippen LogP contribution in [0.2, 0.25) is 0 Å². The van der Waals surface area contributed by atoms with E-state index in [0.717, 1.165) is 17.0 Å². The molecule has 2 aromatic carbocycles. The minimum Gasteiger partial charge on any atom is -0.319 e. The van der Waals surface area contributed by atoms with Crippen molar-refractivity contribution in [2.45, 2.75) is 17.7 Å². The van der Waals surface area contributed by atoms with Crippen LogP contribution in [0, 0.1) is 11.8 Å². The highest BCUT2D eigenvalue weighted by Gasteiger charge is 2.56. The number of rotatable bonds is 4. The first-order chi connectivity index (χ1) is 11.9. The summed E-state index contributed by atoms with van der Waals surface area (Å²) < 4.78 is 27.9. The number of allylic oxidation sites excluding steroid dienone is 2. The lowest BCUT2D eigenvalue weighted by Crippen LogP contribution is -2.35. The molecule has 4 heteroatoms. The summed E-state index contributed by atoms with van der Waals surface area (Å²) in [4.78, 5) is 0. The van der Waals surface area contributed by atoms with E-state index in [2.05, 4.69) is 12.2 Å². The van der Waals surface area contributed by atoms with Gasteiger partial charge in [-0.2, -0.15) is 0 Å². The van der Waals surface area contributed by atoms with Crippen molar-refractivity contribution in [3.63, 3.8) is 0 Å². The Bertz CT molecular complexity index is 815. The summed E-state index contributed by atoms with van der Waals surface area (Å²) in [5.41, 5.74) is -0.0538. The molecule has 0 saturated heterocycles. The molecule has 0 spiro atoms. The van der Waals surface area contributed by atoms with E-state index in [9.17, 15) is 9.13 Å². The molecule has 6 atom stereocenters. The molecule has 0 aliphatic heterocycles. The highest BCUT2D eigenvalue weighted by Crippen LogP contribution is 2.68. The summed E-state index contributed by atoms with van der Waals surface area (Å²) in [5.74, 6) is 0.561. The average Bonchev–Trinajstić information content (AvgIpc) is 3.25. The molecular weight excluding hydrogens is 346 g/mol. The van der Waals surface area contributed by atoms with Crippen LogP contribution in [-0.2, 0) is 9.13 Å². The van der Waals surface area contributed by atoms with Crippen molar-refractivity contribution in [1.82, 2.24) is 0 Å².